The summed E-state index contributed by atoms with van der Waals surface area (Å²) >= 11 is 0. The lowest BCUT2D eigenvalue weighted by Crippen LogP contribution is -2.32. The Hall–Kier alpha value is -5.32. The molecule has 11 heteroatoms. The van der Waals surface area contributed by atoms with Crippen molar-refractivity contribution >= 4 is 29.0 Å². The molecule has 0 saturated heterocycles. The zero-order valence-corrected chi connectivity index (χ0v) is 22.8. The number of aromatic nitrogens is 2. The highest BCUT2D eigenvalue weighted by atomic mass is 19.1. The van der Waals surface area contributed by atoms with E-state index >= 15 is 0 Å². The molecule has 3 N–H and O–H groups in total. The van der Waals surface area contributed by atoms with Gasteiger partial charge >= 0.3 is 0 Å². The van der Waals surface area contributed by atoms with Gasteiger partial charge in [-0.05, 0) is 49.4 Å². The van der Waals surface area contributed by atoms with Gasteiger partial charge in [-0.3, -0.25) is 9.59 Å². The summed E-state index contributed by atoms with van der Waals surface area (Å²) in [5, 5.41) is 13.4. The van der Waals surface area contributed by atoms with Gasteiger partial charge in [0, 0.05) is 16.9 Å². The Bertz CT molecular complexity index is 1650. The molecule has 4 aromatic rings. The van der Waals surface area contributed by atoms with Crippen molar-refractivity contribution in [2.45, 2.75) is 13.0 Å². The SMILES string of the molecule is COc1ccccc1NC(=O)C1=C(C)Nc2c(C(=O)Nc3ccc(F)cc3)cnn2[C@@H]1c1cccc(OC)c1OC. The first-order valence-electron chi connectivity index (χ1n) is 12.6. The summed E-state index contributed by atoms with van der Waals surface area (Å²) in [7, 11) is 4.56. The Morgan fingerprint density at radius 2 is 1.59 bits per heavy atom. The highest BCUT2D eigenvalue weighted by molar-refractivity contribution is 6.10. The summed E-state index contributed by atoms with van der Waals surface area (Å²) in [6.07, 6.45) is 1.41. The number of amides is 2. The third kappa shape index (κ3) is 5.17. The van der Waals surface area contributed by atoms with Crippen LogP contribution in [0.15, 0.2) is 84.2 Å². The number of fused-ring (bicyclic) bond motifs is 1. The van der Waals surface area contributed by atoms with E-state index in [4.69, 9.17) is 14.2 Å². The lowest BCUT2D eigenvalue weighted by Gasteiger charge is -2.31. The maximum Gasteiger partial charge on any atom is 0.261 e. The van der Waals surface area contributed by atoms with Crippen LogP contribution in [0.1, 0.15) is 28.9 Å². The fourth-order valence-corrected chi connectivity index (χ4v) is 4.80. The zero-order chi connectivity index (χ0) is 29.1. The number of para-hydroxylation sites is 3. The van der Waals surface area contributed by atoms with Crippen molar-refractivity contribution in [1.82, 2.24) is 9.78 Å². The summed E-state index contributed by atoms with van der Waals surface area (Å²) in [5.41, 5.74) is 2.56. The maximum absolute atomic E-state index is 13.9. The largest absolute Gasteiger partial charge is 0.495 e. The number of hydrogen-bond acceptors (Lipinski definition) is 7. The van der Waals surface area contributed by atoms with Crippen molar-refractivity contribution in [3.05, 3.63) is 101 Å². The molecular weight excluding hydrogens is 529 g/mol. The van der Waals surface area contributed by atoms with E-state index < -0.39 is 23.7 Å². The molecule has 0 fully saturated rings. The van der Waals surface area contributed by atoms with Crippen molar-refractivity contribution in [2.75, 3.05) is 37.3 Å². The predicted molar refractivity (Wildman–Crippen MR) is 152 cm³/mol. The minimum absolute atomic E-state index is 0.227. The normalized spacial score (nSPS) is 14.0. The van der Waals surface area contributed by atoms with E-state index in [9.17, 15) is 14.0 Å². The molecule has 1 aliphatic heterocycles. The molecule has 5 rings (SSSR count). The summed E-state index contributed by atoms with van der Waals surface area (Å²) in [5.74, 6) is 0.458. The molecule has 3 aromatic carbocycles. The van der Waals surface area contributed by atoms with Crippen LogP contribution in [-0.2, 0) is 4.79 Å². The molecule has 1 atom stereocenters. The number of nitrogens with one attached hydrogen (secondary N) is 3. The third-order valence-electron chi connectivity index (χ3n) is 6.70. The lowest BCUT2D eigenvalue weighted by molar-refractivity contribution is -0.113. The Balaban J connectivity index is 1.61. The molecule has 210 valence electrons. The van der Waals surface area contributed by atoms with Crippen LogP contribution in [0, 0.1) is 5.82 Å². The quantitative estimate of drug-likeness (QED) is 0.272. The first kappa shape index (κ1) is 27.3. The van der Waals surface area contributed by atoms with Crippen LogP contribution in [-0.4, -0.2) is 42.9 Å². The van der Waals surface area contributed by atoms with Crippen molar-refractivity contribution < 1.29 is 28.2 Å². The van der Waals surface area contributed by atoms with Crippen LogP contribution < -0.4 is 30.2 Å². The first-order chi connectivity index (χ1) is 19.9. The van der Waals surface area contributed by atoms with Crippen molar-refractivity contribution in [2.24, 2.45) is 0 Å². The number of hydrogen-bond donors (Lipinski definition) is 3. The monoisotopic (exact) mass is 557 g/mol. The molecular formula is C30H28FN5O5. The van der Waals surface area contributed by atoms with Crippen LogP contribution in [0.4, 0.5) is 21.6 Å². The average molecular weight is 558 g/mol. The number of carbonyl (C=O) groups excluding carboxylic acids is 2. The number of halogens is 1. The topological polar surface area (TPSA) is 116 Å². The van der Waals surface area contributed by atoms with E-state index in [1.54, 1.807) is 48.0 Å². The van der Waals surface area contributed by atoms with Crippen LogP contribution in [0.3, 0.4) is 0 Å². The highest BCUT2D eigenvalue weighted by Crippen LogP contribution is 2.44. The molecule has 0 saturated carbocycles. The Morgan fingerprint density at radius 1 is 0.878 bits per heavy atom. The molecule has 0 spiro atoms. The van der Waals surface area contributed by atoms with Crippen molar-refractivity contribution in [3.63, 3.8) is 0 Å². The van der Waals surface area contributed by atoms with Crippen molar-refractivity contribution in [3.8, 4) is 17.2 Å². The fourth-order valence-electron chi connectivity index (χ4n) is 4.80. The molecule has 1 aliphatic rings. The molecule has 2 amide bonds. The van der Waals surface area contributed by atoms with E-state index in [2.05, 4.69) is 21.0 Å². The van der Waals surface area contributed by atoms with Gasteiger partial charge in [0.05, 0.1) is 38.8 Å². The number of anilines is 3. The van der Waals surface area contributed by atoms with Gasteiger partial charge in [0.2, 0.25) is 0 Å². The summed E-state index contributed by atoms with van der Waals surface area (Å²) in [6.45, 7) is 1.74. The summed E-state index contributed by atoms with van der Waals surface area (Å²) < 4.78 is 31.6. The molecule has 2 heterocycles. The van der Waals surface area contributed by atoms with Gasteiger partial charge < -0.3 is 30.2 Å². The van der Waals surface area contributed by atoms with E-state index in [0.29, 0.717) is 51.3 Å². The number of nitrogens with zero attached hydrogens (tertiary/aromatic N) is 2. The number of rotatable bonds is 8. The van der Waals surface area contributed by atoms with Gasteiger partial charge in [0.15, 0.2) is 11.5 Å². The molecule has 41 heavy (non-hydrogen) atoms. The molecule has 1 aromatic heterocycles. The number of benzene rings is 3. The Morgan fingerprint density at radius 3 is 2.29 bits per heavy atom. The predicted octanol–water partition coefficient (Wildman–Crippen LogP) is 5.23. The van der Waals surface area contributed by atoms with E-state index in [0.717, 1.165) is 0 Å². The number of methoxy groups -OCH3 is 3. The molecule has 0 unspecified atom stereocenters. The number of carbonyl (C=O) groups is 2. The third-order valence-corrected chi connectivity index (χ3v) is 6.70. The second kappa shape index (κ2) is 11.4. The van der Waals surface area contributed by atoms with Crippen LogP contribution in [0.2, 0.25) is 0 Å². The van der Waals surface area contributed by atoms with Gasteiger partial charge in [-0.1, -0.05) is 24.3 Å². The first-order valence-corrected chi connectivity index (χ1v) is 12.6. The minimum Gasteiger partial charge on any atom is -0.495 e. The summed E-state index contributed by atoms with van der Waals surface area (Å²) in [4.78, 5) is 27.2. The smallest absolute Gasteiger partial charge is 0.261 e. The molecule has 0 aliphatic carbocycles. The number of allylic oxidation sites excluding steroid dienone is 1. The summed E-state index contributed by atoms with van der Waals surface area (Å²) in [6, 6.07) is 17.1. The molecule has 0 bridgehead atoms. The van der Waals surface area contributed by atoms with Crippen LogP contribution >= 0.6 is 0 Å². The zero-order valence-electron chi connectivity index (χ0n) is 22.8. The highest BCUT2D eigenvalue weighted by Gasteiger charge is 2.37. The van der Waals surface area contributed by atoms with Gasteiger partial charge in [0.25, 0.3) is 11.8 Å². The Labute approximate surface area is 235 Å². The Kier molecular flexibility index (Phi) is 7.59. The van der Waals surface area contributed by atoms with E-state index in [1.807, 2.05) is 6.07 Å². The van der Waals surface area contributed by atoms with Crippen LogP contribution in [0.5, 0.6) is 17.2 Å². The minimum atomic E-state index is -0.807. The van der Waals surface area contributed by atoms with Gasteiger partial charge in [-0.15, -0.1) is 0 Å². The van der Waals surface area contributed by atoms with Gasteiger partial charge in [0.1, 0.15) is 29.0 Å². The van der Waals surface area contributed by atoms with E-state index in [1.165, 1.54) is 51.8 Å². The standard InChI is InChI=1S/C30H28FN5O5/c1-17-25(30(38)35-22-9-5-6-10-23(22)39-2)26(20-8-7-11-24(40-3)27(20)41-4)36-28(33-17)21(16-32-36)29(37)34-19-14-12-18(31)13-15-19/h5-16,26,33H,1-4H3,(H,34,37)(H,35,38)/t26-/m1/s1. The number of ether oxygens (including phenoxy) is 3. The molecule has 10 nitrogen and oxygen atoms in total. The van der Waals surface area contributed by atoms with Gasteiger partial charge in [-0.2, -0.15) is 5.10 Å². The second-order valence-electron chi connectivity index (χ2n) is 9.12. The van der Waals surface area contributed by atoms with Crippen molar-refractivity contribution in [1.29, 1.82) is 0 Å². The second-order valence-corrected chi connectivity index (χ2v) is 9.12. The molecule has 0 radical (unpaired) electrons. The van der Waals surface area contributed by atoms with E-state index in [-0.39, 0.29) is 5.56 Å². The maximum atomic E-state index is 13.9. The van der Waals surface area contributed by atoms with Crippen LogP contribution in [0.25, 0.3) is 0 Å². The average Bonchev–Trinajstić information content (AvgIpc) is 3.40. The lowest BCUT2D eigenvalue weighted by atomic mass is 9.93. The fraction of sp³-hybridized carbons (Fsp3) is 0.167. The van der Waals surface area contributed by atoms with Gasteiger partial charge in [-0.25, -0.2) is 9.07 Å².